The highest BCUT2D eigenvalue weighted by Gasteiger charge is 2.00. The van der Waals surface area contributed by atoms with Crippen molar-refractivity contribution in [1.82, 2.24) is 0 Å². The molecule has 18 heavy (non-hydrogen) atoms. The fourth-order valence-corrected chi connectivity index (χ4v) is 1.85. The Morgan fingerprint density at radius 3 is 2.56 bits per heavy atom. The molecule has 0 aliphatic heterocycles. The monoisotopic (exact) mass is 238 g/mol. The highest BCUT2D eigenvalue weighted by molar-refractivity contribution is 5.45. The smallest absolute Gasteiger partial charge is 0.0407 e. The van der Waals surface area contributed by atoms with Crippen LogP contribution in [0.4, 0.5) is 5.69 Å². The van der Waals surface area contributed by atoms with Gasteiger partial charge in [0.05, 0.1) is 0 Å². The van der Waals surface area contributed by atoms with Gasteiger partial charge < -0.3 is 0 Å². The van der Waals surface area contributed by atoms with Gasteiger partial charge in [-0.3, -0.25) is 0 Å². The standard InChI is InChI=1S/C15H15N3/c16-18-17-15-12-5-4-10-14(15)11-6-9-13-7-2-1-3-8-13/h1-5,7-8,10,12H,6,9,11H2/i9D. The topological polar surface area (TPSA) is 48.8 Å². The number of aryl methyl sites for hydroxylation is 2. The van der Waals surface area contributed by atoms with Crippen LogP contribution < -0.4 is 0 Å². The van der Waals surface area contributed by atoms with Gasteiger partial charge in [-0.1, -0.05) is 59.7 Å². The Balaban J connectivity index is 2.05. The molecule has 0 heterocycles. The van der Waals surface area contributed by atoms with E-state index in [0.29, 0.717) is 12.1 Å². The van der Waals surface area contributed by atoms with Crippen LogP contribution in [0, 0.1) is 0 Å². The van der Waals surface area contributed by atoms with Crippen LogP contribution in [-0.2, 0) is 12.8 Å². The van der Waals surface area contributed by atoms with Crippen molar-refractivity contribution in [3.05, 3.63) is 76.2 Å². The number of azide groups is 1. The Bertz CT molecular complexity index is 577. The molecule has 0 bridgehead atoms. The van der Waals surface area contributed by atoms with Gasteiger partial charge in [0.1, 0.15) is 0 Å². The summed E-state index contributed by atoms with van der Waals surface area (Å²) in [6.45, 7) is 0. The number of hydrogen-bond donors (Lipinski definition) is 0. The molecule has 0 amide bonds. The molecule has 1 unspecified atom stereocenters. The van der Waals surface area contributed by atoms with Crippen molar-refractivity contribution in [3.63, 3.8) is 0 Å². The molecule has 0 saturated heterocycles. The average Bonchev–Trinajstić information content (AvgIpc) is 2.47. The van der Waals surface area contributed by atoms with Crippen LogP contribution >= 0.6 is 0 Å². The molecule has 0 aromatic heterocycles. The first-order valence-corrected chi connectivity index (χ1v) is 5.91. The summed E-state index contributed by atoms with van der Waals surface area (Å²) >= 11 is 0. The van der Waals surface area contributed by atoms with Gasteiger partial charge in [0.2, 0.25) is 0 Å². The second-order valence-electron chi connectivity index (χ2n) is 3.97. The molecule has 0 fully saturated rings. The summed E-state index contributed by atoms with van der Waals surface area (Å²) in [4.78, 5) is 2.83. The third-order valence-corrected chi connectivity index (χ3v) is 2.74. The van der Waals surface area contributed by atoms with E-state index in [1.807, 2.05) is 48.5 Å². The average molecular weight is 238 g/mol. The lowest BCUT2D eigenvalue weighted by Gasteiger charge is -2.05. The third-order valence-electron chi connectivity index (χ3n) is 2.74. The summed E-state index contributed by atoms with van der Waals surface area (Å²) in [5.41, 5.74) is 11.2. The number of benzene rings is 2. The Labute approximate surface area is 108 Å². The second-order valence-corrected chi connectivity index (χ2v) is 3.97. The molecule has 0 aliphatic rings. The van der Waals surface area contributed by atoms with Gasteiger partial charge in [-0.15, -0.1) is 0 Å². The van der Waals surface area contributed by atoms with Crippen LogP contribution in [0.1, 0.15) is 18.9 Å². The van der Waals surface area contributed by atoms with Crippen LogP contribution in [-0.4, -0.2) is 0 Å². The summed E-state index contributed by atoms with van der Waals surface area (Å²) < 4.78 is 8.13. The van der Waals surface area contributed by atoms with Gasteiger partial charge in [-0.2, -0.15) is 0 Å². The lowest BCUT2D eigenvalue weighted by molar-refractivity contribution is 0.821. The summed E-state index contributed by atoms with van der Waals surface area (Å²) in [5.74, 6) is 0. The molecular weight excluding hydrogens is 222 g/mol. The zero-order valence-corrected chi connectivity index (χ0v) is 10.0. The largest absolute Gasteiger partial charge is 0.0622 e. The maximum Gasteiger partial charge on any atom is 0.0407 e. The number of hydrogen-bond acceptors (Lipinski definition) is 1. The molecule has 2 aromatic carbocycles. The quantitative estimate of drug-likeness (QED) is 0.408. The van der Waals surface area contributed by atoms with Crippen molar-refractivity contribution in [3.8, 4) is 0 Å². The Kier molecular flexibility index (Phi) is 3.91. The van der Waals surface area contributed by atoms with Crippen molar-refractivity contribution in [2.75, 3.05) is 0 Å². The van der Waals surface area contributed by atoms with Crippen LogP contribution in [0.15, 0.2) is 59.7 Å². The molecule has 0 spiro atoms. The molecule has 0 aliphatic carbocycles. The van der Waals surface area contributed by atoms with E-state index in [9.17, 15) is 0 Å². The first kappa shape index (κ1) is 10.9. The lowest BCUT2D eigenvalue weighted by atomic mass is 10.0. The first-order chi connectivity index (χ1) is 9.31. The normalized spacial score (nSPS) is 12.3. The van der Waals surface area contributed by atoms with Gasteiger partial charge in [-0.05, 0) is 35.9 Å². The van der Waals surface area contributed by atoms with Crippen LogP contribution in [0.2, 0.25) is 0 Å². The van der Waals surface area contributed by atoms with E-state index in [0.717, 1.165) is 17.5 Å². The summed E-state index contributed by atoms with van der Waals surface area (Å²) in [7, 11) is 0. The minimum absolute atomic E-state index is 0.250. The van der Waals surface area contributed by atoms with Gasteiger partial charge in [0.25, 0.3) is 0 Å². The van der Waals surface area contributed by atoms with Crippen molar-refractivity contribution < 1.29 is 1.37 Å². The molecule has 2 aromatic rings. The van der Waals surface area contributed by atoms with Crippen molar-refractivity contribution in [1.29, 1.82) is 0 Å². The zero-order chi connectivity index (χ0) is 13.5. The molecule has 0 saturated carbocycles. The minimum Gasteiger partial charge on any atom is -0.0622 e. The predicted molar refractivity (Wildman–Crippen MR) is 73.7 cm³/mol. The van der Waals surface area contributed by atoms with Gasteiger partial charge in [0.15, 0.2) is 0 Å². The third kappa shape index (κ3) is 3.37. The molecule has 0 N–H and O–H groups in total. The van der Waals surface area contributed by atoms with Crippen molar-refractivity contribution >= 4 is 5.69 Å². The molecule has 90 valence electrons. The van der Waals surface area contributed by atoms with Gasteiger partial charge >= 0.3 is 0 Å². The fourth-order valence-electron chi connectivity index (χ4n) is 1.85. The second kappa shape index (κ2) is 6.48. The van der Waals surface area contributed by atoms with Crippen LogP contribution in [0.25, 0.3) is 10.4 Å². The molecule has 1 atom stereocenters. The molecule has 0 radical (unpaired) electrons. The van der Waals surface area contributed by atoms with Gasteiger partial charge in [0, 0.05) is 12.0 Å². The minimum atomic E-state index is -0.250. The maximum absolute atomic E-state index is 8.52. The van der Waals surface area contributed by atoms with E-state index in [1.54, 1.807) is 6.07 Å². The number of nitrogens with zero attached hydrogens (tertiary/aromatic N) is 3. The fraction of sp³-hybridized carbons (Fsp3) is 0.200. The summed E-state index contributed by atoms with van der Waals surface area (Å²) in [6.07, 6.45) is 1.19. The lowest BCUT2D eigenvalue weighted by Crippen LogP contribution is -1.90. The molecular formula is C15H15N3. The highest BCUT2D eigenvalue weighted by Crippen LogP contribution is 2.20. The molecule has 3 nitrogen and oxygen atoms in total. The van der Waals surface area contributed by atoms with E-state index in [-0.39, 0.29) is 6.40 Å². The highest BCUT2D eigenvalue weighted by atomic mass is 15.1. The van der Waals surface area contributed by atoms with E-state index in [2.05, 4.69) is 10.0 Å². The maximum atomic E-state index is 8.52. The van der Waals surface area contributed by atoms with E-state index >= 15 is 0 Å². The Morgan fingerprint density at radius 2 is 1.78 bits per heavy atom. The zero-order valence-electron chi connectivity index (χ0n) is 11.0. The van der Waals surface area contributed by atoms with Crippen LogP contribution in [0.3, 0.4) is 0 Å². The Morgan fingerprint density at radius 1 is 1.06 bits per heavy atom. The predicted octanol–water partition coefficient (Wildman–Crippen LogP) is 4.80. The van der Waals surface area contributed by atoms with E-state index in [1.165, 1.54) is 0 Å². The number of rotatable bonds is 5. The first-order valence-electron chi connectivity index (χ1n) is 6.49. The molecule has 2 rings (SSSR count). The summed E-state index contributed by atoms with van der Waals surface area (Å²) in [6, 6.07) is 17.3. The van der Waals surface area contributed by atoms with E-state index < -0.39 is 0 Å². The molecule has 3 heteroatoms. The van der Waals surface area contributed by atoms with E-state index in [4.69, 9.17) is 6.90 Å². The SMILES string of the molecule is [2H]C(CCc1ccccc1N=[N+]=[N-])c1ccccc1. The summed E-state index contributed by atoms with van der Waals surface area (Å²) in [5, 5.41) is 3.68. The van der Waals surface area contributed by atoms with Crippen molar-refractivity contribution in [2.24, 2.45) is 5.11 Å². The van der Waals surface area contributed by atoms with Crippen molar-refractivity contribution in [2.45, 2.75) is 19.2 Å². The van der Waals surface area contributed by atoms with Crippen LogP contribution in [0.5, 0.6) is 0 Å². The van der Waals surface area contributed by atoms with Gasteiger partial charge in [-0.25, -0.2) is 0 Å². The Hall–Kier alpha value is -2.25.